The number of likely N-dealkylation sites (tertiary alicyclic amines) is 1. The number of nitrogens with two attached hydrogens (primary N) is 1. The van der Waals surface area contributed by atoms with Crippen molar-refractivity contribution in [1.29, 1.82) is 0 Å². The second kappa shape index (κ2) is 3.63. The van der Waals surface area contributed by atoms with E-state index < -0.39 is 0 Å². The maximum Gasteiger partial charge on any atom is 0.257 e. The number of furan rings is 1. The van der Waals surface area contributed by atoms with Gasteiger partial charge in [0.25, 0.3) is 5.91 Å². The summed E-state index contributed by atoms with van der Waals surface area (Å²) in [4.78, 5) is 14.2. The first kappa shape index (κ1) is 9.90. The Balaban J connectivity index is 1.77. The molecule has 1 saturated carbocycles. The molecule has 0 aromatic carbocycles. The fourth-order valence-corrected chi connectivity index (χ4v) is 2.94. The minimum absolute atomic E-state index is 0.107. The second-order valence-electron chi connectivity index (χ2n) is 4.80. The summed E-state index contributed by atoms with van der Waals surface area (Å²) in [5.41, 5.74) is 6.10. The van der Waals surface area contributed by atoms with Gasteiger partial charge in [-0.3, -0.25) is 4.79 Å². The summed E-state index contributed by atoms with van der Waals surface area (Å²) in [6.45, 7) is 1.27. The molecule has 2 bridgehead atoms. The van der Waals surface area contributed by atoms with Crippen LogP contribution in [0.5, 0.6) is 0 Å². The fraction of sp³-hybridized carbons (Fsp3) is 0.583. The normalized spacial score (nSPS) is 27.7. The van der Waals surface area contributed by atoms with Crippen LogP contribution in [0.25, 0.3) is 0 Å². The highest BCUT2D eigenvalue weighted by Gasteiger charge is 2.40. The van der Waals surface area contributed by atoms with Crippen molar-refractivity contribution in [3.05, 3.63) is 23.7 Å². The molecule has 3 rings (SSSR count). The highest BCUT2D eigenvalue weighted by atomic mass is 16.3. The summed E-state index contributed by atoms with van der Waals surface area (Å²) >= 11 is 0. The largest absolute Gasteiger partial charge is 0.467 e. The number of hydrogen-bond acceptors (Lipinski definition) is 3. The van der Waals surface area contributed by atoms with E-state index in [0.717, 1.165) is 18.9 Å². The molecule has 2 fully saturated rings. The van der Waals surface area contributed by atoms with E-state index in [1.165, 1.54) is 19.1 Å². The Labute approximate surface area is 94.4 Å². The quantitative estimate of drug-likeness (QED) is 0.818. The molecule has 2 atom stereocenters. The highest BCUT2D eigenvalue weighted by Crippen LogP contribution is 2.38. The van der Waals surface area contributed by atoms with E-state index >= 15 is 0 Å². The number of nitrogens with zero attached hydrogens (tertiary/aromatic N) is 1. The molecule has 1 aliphatic carbocycles. The van der Waals surface area contributed by atoms with E-state index in [1.54, 1.807) is 6.07 Å². The summed E-state index contributed by atoms with van der Waals surface area (Å²) in [5, 5.41) is 0. The molecule has 1 saturated heterocycles. The maximum atomic E-state index is 12.2. The third kappa shape index (κ3) is 1.45. The lowest BCUT2D eigenvalue weighted by molar-refractivity contribution is 0.0703. The summed E-state index contributed by atoms with van der Waals surface area (Å²) in [6.07, 6.45) is 5.16. The molecule has 2 aliphatic rings. The summed E-state index contributed by atoms with van der Waals surface area (Å²) in [6, 6.07) is 2.22. The zero-order valence-corrected chi connectivity index (χ0v) is 9.19. The number of amides is 1. The van der Waals surface area contributed by atoms with Crippen LogP contribution in [-0.2, 0) is 6.54 Å². The van der Waals surface area contributed by atoms with E-state index in [9.17, 15) is 4.79 Å². The van der Waals surface area contributed by atoms with Crippen LogP contribution in [0.4, 0.5) is 0 Å². The average Bonchev–Trinajstić information content (AvgIpc) is 3.03. The van der Waals surface area contributed by atoms with E-state index in [2.05, 4.69) is 0 Å². The van der Waals surface area contributed by atoms with Gasteiger partial charge in [0.1, 0.15) is 12.0 Å². The fourth-order valence-electron chi connectivity index (χ4n) is 2.94. The number of carbonyl (C=O) groups is 1. The van der Waals surface area contributed by atoms with Crippen molar-refractivity contribution >= 4 is 5.91 Å². The Kier molecular flexibility index (Phi) is 2.24. The van der Waals surface area contributed by atoms with Gasteiger partial charge in [-0.25, -0.2) is 0 Å². The van der Waals surface area contributed by atoms with Crippen LogP contribution in [-0.4, -0.2) is 23.4 Å². The van der Waals surface area contributed by atoms with Crippen LogP contribution in [0.1, 0.15) is 35.4 Å². The van der Waals surface area contributed by atoms with E-state index in [-0.39, 0.29) is 5.91 Å². The lowest BCUT2D eigenvalue weighted by Crippen LogP contribution is -2.37. The average molecular weight is 220 g/mol. The number of fused-ring (bicyclic) bond motifs is 2. The monoisotopic (exact) mass is 220 g/mol. The number of carbonyl (C=O) groups excluding carboxylic acids is 1. The van der Waals surface area contributed by atoms with Gasteiger partial charge in [0, 0.05) is 12.6 Å². The van der Waals surface area contributed by atoms with Crippen molar-refractivity contribution in [2.24, 2.45) is 11.7 Å². The Morgan fingerprint density at radius 3 is 3.00 bits per heavy atom. The summed E-state index contributed by atoms with van der Waals surface area (Å²) in [5.74, 6) is 1.51. The number of hydrogen-bond donors (Lipinski definition) is 1. The van der Waals surface area contributed by atoms with Gasteiger partial charge in [-0.15, -0.1) is 0 Å². The van der Waals surface area contributed by atoms with Gasteiger partial charge >= 0.3 is 0 Å². The van der Waals surface area contributed by atoms with Crippen LogP contribution < -0.4 is 5.73 Å². The Morgan fingerprint density at radius 2 is 2.44 bits per heavy atom. The zero-order chi connectivity index (χ0) is 11.1. The molecule has 4 nitrogen and oxygen atoms in total. The molecular weight excluding hydrogens is 204 g/mol. The van der Waals surface area contributed by atoms with Crippen molar-refractivity contribution in [2.75, 3.05) is 6.54 Å². The molecule has 1 aliphatic heterocycles. The van der Waals surface area contributed by atoms with E-state index in [0.29, 0.717) is 23.9 Å². The molecule has 86 valence electrons. The molecule has 1 aromatic heterocycles. The van der Waals surface area contributed by atoms with Gasteiger partial charge < -0.3 is 15.1 Å². The van der Waals surface area contributed by atoms with Crippen molar-refractivity contribution in [2.45, 2.75) is 31.8 Å². The lowest BCUT2D eigenvalue weighted by Gasteiger charge is -2.26. The van der Waals surface area contributed by atoms with Gasteiger partial charge in [-0.05, 0) is 31.2 Å². The first-order chi connectivity index (χ1) is 7.78. The highest BCUT2D eigenvalue weighted by molar-refractivity contribution is 5.94. The molecule has 1 aromatic rings. The molecule has 2 N–H and O–H groups in total. The van der Waals surface area contributed by atoms with Crippen LogP contribution in [0.15, 0.2) is 16.7 Å². The Morgan fingerprint density at radius 1 is 1.56 bits per heavy atom. The lowest BCUT2D eigenvalue weighted by atomic mass is 10.1. The van der Waals surface area contributed by atoms with Crippen molar-refractivity contribution in [3.63, 3.8) is 0 Å². The molecule has 0 radical (unpaired) electrons. The number of piperidine rings is 1. The van der Waals surface area contributed by atoms with Crippen LogP contribution >= 0.6 is 0 Å². The molecule has 2 unspecified atom stereocenters. The molecular formula is C12H16N2O2. The van der Waals surface area contributed by atoms with E-state index in [4.69, 9.17) is 10.2 Å². The van der Waals surface area contributed by atoms with Gasteiger partial charge in [0.15, 0.2) is 0 Å². The molecule has 0 spiro atoms. The van der Waals surface area contributed by atoms with Gasteiger partial charge in [0.2, 0.25) is 0 Å². The molecule has 2 heterocycles. The van der Waals surface area contributed by atoms with Crippen molar-refractivity contribution in [3.8, 4) is 0 Å². The summed E-state index contributed by atoms with van der Waals surface area (Å²) < 4.78 is 5.20. The predicted molar refractivity (Wildman–Crippen MR) is 58.8 cm³/mol. The molecule has 16 heavy (non-hydrogen) atoms. The van der Waals surface area contributed by atoms with Crippen molar-refractivity contribution < 1.29 is 9.21 Å². The second-order valence-corrected chi connectivity index (χ2v) is 4.80. The Hall–Kier alpha value is -1.29. The van der Waals surface area contributed by atoms with E-state index in [1.807, 2.05) is 4.90 Å². The maximum absolute atomic E-state index is 12.2. The van der Waals surface area contributed by atoms with Crippen LogP contribution in [0.3, 0.4) is 0 Å². The zero-order valence-electron chi connectivity index (χ0n) is 9.19. The molecule has 1 amide bonds. The summed E-state index contributed by atoms with van der Waals surface area (Å²) in [7, 11) is 0. The smallest absolute Gasteiger partial charge is 0.257 e. The standard InChI is InChI=1S/C12H16N2O2/c13-5-11-4-9(7-16-11)12(15)14-6-8-1-2-10(14)3-8/h4,7-8,10H,1-3,5-6,13H2. The van der Waals surface area contributed by atoms with Gasteiger partial charge in [-0.1, -0.05) is 0 Å². The SMILES string of the molecule is NCc1cc(C(=O)N2CC3CCC2C3)co1. The topological polar surface area (TPSA) is 59.5 Å². The third-order valence-corrected chi connectivity index (χ3v) is 3.77. The van der Waals surface area contributed by atoms with Crippen LogP contribution in [0, 0.1) is 5.92 Å². The first-order valence-corrected chi connectivity index (χ1v) is 5.86. The van der Waals surface area contributed by atoms with Crippen molar-refractivity contribution in [1.82, 2.24) is 4.90 Å². The minimum atomic E-state index is 0.107. The van der Waals surface area contributed by atoms with Crippen LogP contribution in [0.2, 0.25) is 0 Å². The first-order valence-electron chi connectivity index (χ1n) is 5.86. The van der Waals surface area contributed by atoms with Gasteiger partial charge in [-0.2, -0.15) is 0 Å². The third-order valence-electron chi connectivity index (χ3n) is 3.77. The van der Waals surface area contributed by atoms with Gasteiger partial charge in [0.05, 0.1) is 12.1 Å². The Bertz CT molecular complexity index is 413. The predicted octanol–water partition coefficient (Wildman–Crippen LogP) is 1.36. The molecule has 4 heteroatoms. The number of rotatable bonds is 2. The minimum Gasteiger partial charge on any atom is -0.467 e.